The molecule has 0 aliphatic heterocycles. The van der Waals surface area contributed by atoms with Crippen molar-refractivity contribution in [1.29, 1.82) is 0 Å². The van der Waals surface area contributed by atoms with Gasteiger partial charge in [0, 0.05) is 12.5 Å². The molecule has 0 radical (unpaired) electrons. The van der Waals surface area contributed by atoms with Crippen LogP contribution in [-0.4, -0.2) is 18.0 Å². The lowest BCUT2D eigenvalue weighted by atomic mass is 10.3. The van der Waals surface area contributed by atoms with Crippen LogP contribution in [0.2, 0.25) is 0 Å². The second-order valence-corrected chi connectivity index (χ2v) is 2.61. The fourth-order valence-electron chi connectivity index (χ4n) is 0.914. The number of carbonyl (C=O) groups is 1. The molecule has 1 amide bonds. The first-order chi connectivity index (χ1) is 6.67. The molecule has 4 nitrogen and oxygen atoms in total. The van der Waals surface area contributed by atoms with Gasteiger partial charge in [-0.15, -0.1) is 0 Å². The highest BCUT2D eigenvalue weighted by molar-refractivity contribution is 5.91. The number of hydrogen-bond donors (Lipinski definition) is 1. The quantitative estimate of drug-likeness (QED) is 0.750. The van der Waals surface area contributed by atoms with Gasteiger partial charge in [-0.2, -0.15) is 4.39 Å². The maximum absolute atomic E-state index is 12.6. The largest absolute Gasteiger partial charge is 0.494 e. The van der Waals surface area contributed by atoms with Crippen LogP contribution in [0.1, 0.15) is 13.3 Å². The number of nitrogens with one attached hydrogen (secondary N) is 1. The summed E-state index contributed by atoms with van der Waals surface area (Å²) in [5.41, 5.74) is 0.376. The Bertz CT molecular complexity index is 342. The summed E-state index contributed by atoms with van der Waals surface area (Å²) < 4.78 is 17.5. The van der Waals surface area contributed by atoms with Gasteiger partial charge in [-0.1, -0.05) is 6.92 Å². The molecule has 1 rings (SSSR count). The molecule has 0 spiro atoms. The van der Waals surface area contributed by atoms with E-state index >= 15 is 0 Å². The first kappa shape index (κ1) is 10.4. The molecule has 5 heteroatoms. The Labute approximate surface area is 81.1 Å². The third-order valence-corrected chi connectivity index (χ3v) is 1.65. The van der Waals surface area contributed by atoms with Gasteiger partial charge in [0.1, 0.15) is 11.4 Å². The number of hydrogen-bond acceptors (Lipinski definition) is 3. The number of anilines is 1. The molecule has 0 unspecified atom stereocenters. The van der Waals surface area contributed by atoms with E-state index in [-0.39, 0.29) is 11.7 Å². The number of aromatic nitrogens is 1. The van der Waals surface area contributed by atoms with Crippen LogP contribution in [0.3, 0.4) is 0 Å². The summed E-state index contributed by atoms with van der Waals surface area (Å²) in [6.45, 7) is 1.72. The van der Waals surface area contributed by atoms with Gasteiger partial charge in [0.25, 0.3) is 0 Å². The number of carbonyl (C=O) groups excluding carboxylic acids is 1. The monoisotopic (exact) mass is 198 g/mol. The molecule has 1 N–H and O–H groups in total. The molecule has 0 saturated heterocycles. The average Bonchev–Trinajstić information content (AvgIpc) is 2.20. The summed E-state index contributed by atoms with van der Waals surface area (Å²) in [4.78, 5) is 14.5. The molecule has 76 valence electrons. The van der Waals surface area contributed by atoms with Crippen LogP contribution in [0.25, 0.3) is 0 Å². The Balaban J connectivity index is 2.90. The Hall–Kier alpha value is -1.65. The number of ether oxygens (including phenoxy) is 1. The molecule has 1 aromatic rings. The van der Waals surface area contributed by atoms with Crippen LogP contribution in [0.5, 0.6) is 5.75 Å². The molecule has 0 aromatic carbocycles. The lowest BCUT2D eigenvalue weighted by molar-refractivity contribution is -0.115. The van der Waals surface area contributed by atoms with Crippen LogP contribution >= 0.6 is 0 Å². The summed E-state index contributed by atoms with van der Waals surface area (Å²) in [5, 5.41) is 2.55. The summed E-state index contributed by atoms with van der Waals surface area (Å²) >= 11 is 0. The lowest BCUT2D eigenvalue weighted by Gasteiger charge is -2.08. The zero-order valence-corrected chi connectivity index (χ0v) is 8.00. The van der Waals surface area contributed by atoms with Crippen LogP contribution in [-0.2, 0) is 4.79 Å². The Morgan fingerprint density at radius 1 is 1.71 bits per heavy atom. The highest BCUT2D eigenvalue weighted by atomic mass is 19.1. The Morgan fingerprint density at radius 3 is 3.00 bits per heavy atom. The van der Waals surface area contributed by atoms with Gasteiger partial charge in [-0.3, -0.25) is 4.79 Å². The maximum atomic E-state index is 12.6. The van der Waals surface area contributed by atoms with Gasteiger partial charge >= 0.3 is 0 Å². The zero-order valence-electron chi connectivity index (χ0n) is 8.00. The van der Waals surface area contributed by atoms with Crippen LogP contribution in [0.4, 0.5) is 10.1 Å². The van der Waals surface area contributed by atoms with Gasteiger partial charge in [-0.25, -0.2) is 4.98 Å². The van der Waals surface area contributed by atoms with E-state index in [0.717, 1.165) is 6.07 Å². The van der Waals surface area contributed by atoms with E-state index in [1.54, 1.807) is 6.92 Å². The van der Waals surface area contributed by atoms with Gasteiger partial charge in [0.2, 0.25) is 11.9 Å². The van der Waals surface area contributed by atoms with Crippen molar-refractivity contribution in [2.75, 3.05) is 12.4 Å². The Morgan fingerprint density at radius 2 is 2.43 bits per heavy atom. The van der Waals surface area contributed by atoms with E-state index in [0.29, 0.717) is 12.1 Å². The number of amides is 1. The molecule has 0 bridgehead atoms. The molecular weight excluding hydrogens is 187 g/mol. The number of methoxy groups -OCH3 is 1. The second kappa shape index (κ2) is 4.55. The number of pyridine rings is 1. The van der Waals surface area contributed by atoms with E-state index in [9.17, 15) is 9.18 Å². The van der Waals surface area contributed by atoms with Gasteiger partial charge in [-0.05, 0) is 0 Å². The van der Waals surface area contributed by atoms with E-state index in [1.165, 1.54) is 13.3 Å². The third-order valence-electron chi connectivity index (χ3n) is 1.65. The highest BCUT2D eigenvalue weighted by Gasteiger charge is 2.07. The van der Waals surface area contributed by atoms with Crippen molar-refractivity contribution in [3.05, 3.63) is 18.2 Å². The van der Waals surface area contributed by atoms with Crippen molar-refractivity contribution in [2.45, 2.75) is 13.3 Å². The summed E-state index contributed by atoms with van der Waals surface area (Å²) in [7, 11) is 1.40. The van der Waals surface area contributed by atoms with Crippen LogP contribution in [0.15, 0.2) is 12.3 Å². The molecular formula is C9H11FN2O2. The number of halogens is 1. The minimum atomic E-state index is -0.642. The van der Waals surface area contributed by atoms with Crippen molar-refractivity contribution in [3.8, 4) is 5.75 Å². The van der Waals surface area contributed by atoms with Crippen molar-refractivity contribution < 1.29 is 13.9 Å². The molecule has 0 aliphatic rings. The predicted octanol–water partition coefficient (Wildman–Crippen LogP) is 1.58. The molecule has 1 heterocycles. The first-order valence-electron chi connectivity index (χ1n) is 4.16. The lowest BCUT2D eigenvalue weighted by Crippen LogP contribution is -2.10. The fourth-order valence-corrected chi connectivity index (χ4v) is 0.914. The summed E-state index contributed by atoms with van der Waals surface area (Å²) in [5.74, 6) is -0.549. The number of rotatable bonds is 3. The van der Waals surface area contributed by atoms with Gasteiger partial charge in [0.05, 0.1) is 13.3 Å². The summed E-state index contributed by atoms with van der Waals surface area (Å²) in [6.07, 6.45) is 1.57. The van der Waals surface area contributed by atoms with Crippen molar-refractivity contribution >= 4 is 11.6 Å². The summed E-state index contributed by atoms with van der Waals surface area (Å²) in [6, 6.07) is 1.12. The first-order valence-corrected chi connectivity index (χ1v) is 4.16. The molecule has 0 atom stereocenters. The number of nitrogens with zero attached hydrogens (tertiary/aromatic N) is 1. The smallest absolute Gasteiger partial charge is 0.224 e. The van der Waals surface area contributed by atoms with E-state index in [1.807, 2.05) is 0 Å². The van der Waals surface area contributed by atoms with Gasteiger partial charge in [0.15, 0.2) is 0 Å². The molecule has 0 aliphatic carbocycles. The topological polar surface area (TPSA) is 51.2 Å². The predicted molar refractivity (Wildman–Crippen MR) is 49.7 cm³/mol. The van der Waals surface area contributed by atoms with Crippen LogP contribution < -0.4 is 10.1 Å². The maximum Gasteiger partial charge on any atom is 0.224 e. The normalized spacial score (nSPS) is 9.64. The zero-order chi connectivity index (χ0) is 10.6. The molecule has 1 aromatic heterocycles. The van der Waals surface area contributed by atoms with Crippen molar-refractivity contribution in [3.63, 3.8) is 0 Å². The van der Waals surface area contributed by atoms with Crippen molar-refractivity contribution in [1.82, 2.24) is 4.98 Å². The average molecular weight is 198 g/mol. The minimum absolute atomic E-state index is 0.170. The fraction of sp³-hybridized carbons (Fsp3) is 0.333. The van der Waals surface area contributed by atoms with E-state index in [2.05, 4.69) is 10.3 Å². The molecule has 0 saturated carbocycles. The SMILES string of the molecule is CCC(=O)Nc1cnc(F)cc1OC. The van der Waals surface area contributed by atoms with Crippen molar-refractivity contribution in [2.24, 2.45) is 0 Å². The second-order valence-electron chi connectivity index (χ2n) is 2.61. The Kier molecular flexibility index (Phi) is 3.39. The minimum Gasteiger partial charge on any atom is -0.494 e. The van der Waals surface area contributed by atoms with E-state index in [4.69, 9.17) is 4.74 Å². The van der Waals surface area contributed by atoms with E-state index < -0.39 is 5.95 Å². The molecule has 0 fully saturated rings. The standard InChI is InChI=1S/C9H11FN2O2/c1-3-9(13)12-6-5-11-8(10)4-7(6)14-2/h4-5H,3H2,1-2H3,(H,12,13). The molecule has 14 heavy (non-hydrogen) atoms. The highest BCUT2D eigenvalue weighted by Crippen LogP contribution is 2.23. The third kappa shape index (κ3) is 2.42. The van der Waals surface area contributed by atoms with Gasteiger partial charge < -0.3 is 10.1 Å². The van der Waals surface area contributed by atoms with Crippen LogP contribution in [0, 0.1) is 5.95 Å².